The lowest BCUT2D eigenvalue weighted by Crippen LogP contribution is -2.41. The van der Waals surface area contributed by atoms with Crippen molar-refractivity contribution in [2.24, 2.45) is 17.3 Å². The minimum Gasteiger partial charge on any atom is -0.356 e. The Hall–Kier alpha value is -1.77. The summed E-state index contributed by atoms with van der Waals surface area (Å²) in [4.78, 5) is 19.0. The van der Waals surface area contributed by atoms with Gasteiger partial charge in [0, 0.05) is 29.6 Å². The third-order valence-corrected chi connectivity index (χ3v) is 5.66. The summed E-state index contributed by atoms with van der Waals surface area (Å²) in [6.45, 7) is 14.3. The number of nitrogens with zero attached hydrogens (tertiary/aromatic N) is 1. The first kappa shape index (κ1) is 20.0. The summed E-state index contributed by atoms with van der Waals surface area (Å²) in [5.41, 5.74) is 4.16. The highest BCUT2D eigenvalue weighted by molar-refractivity contribution is 5.86. The number of carbonyl (C=O) groups excluding carboxylic acids is 1. The van der Waals surface area contributed by atoms with Gasteiger partial charge in [0.25, 0.3) is 0 Å². The molecule has 1 aromatic carbocycles. The van der Waals surface area contributed by atoms with Crippen LogP contribution >= 0.6 is 0 Å². The highest BCUT2D eigenvalue weighted by Crippen LogP contribution is 2.38. The lowest BCUT2D eigenvalue weighted by atomic mass is 9.83. The van der Waals surface area contributed by atoms with Crippen LogP contribution in [-0.2, 0) is 11.2 Å². The van der Waals surface area contributed by atoms with Gasteiger partial charge in [-0.25, -0.2) is 0 Å². The predicted octanol–water partition coefficient (Wildman–Crippen LogP) is 6.10. The van der Waals surface area contributed by atoms with Gasteiger partial charge in [-0.3, -0.25) is 4.79 Å². The van der Waals surface area contributed by atoms with Gasteiger partial charge in [0.15, 0.2) is 0 Å². The number of para-hydroxylation sites is 1. The van der Waals surface area contributed by atoms with Crippen LogP contribution < -0.4 is 0 Å². The molecular weight excluding hydrogens is 332 g/mol. The van der Waals surface area contributed by atoms with E-state index >= 15 is 0 Å². The molecule has 2 heterocycles. The van der Waals surface area contributed by atoms with Crippen molar-refractivity contribution >= 4 is 16.8 Å². The zero-order valence-corrected chi connectivity index (χ0v) is 17.9. The fourth-order valence-corrected chi connectivity index (χ4v) is 4.84. The normalized spacial score (nSPS) is 18.8. The molecule has 1 aromatic heterocycles. The van der Waals surface area contributed by atoms with Gasteiger partial charge in [-0.1, -0.05) is 59.7 Å². The van der Waals surface area contributed by atoms with Crippen molar-refractivity contribution in [1.29, 1.82) is 0 Å². The molecule has 0 saturated heterocycles. The Bertz CT molecular complexity index is 796. The van der Waals surface area contributed by atoms with Crippen LogP contribution in [0.2, 0.25) is 0 Å². The molecule has 0 saturated carbocycles. The van der Waals surface area contributed by atoms with Gasteiger partial charge >= 0.3 is 0 Å². The van der Waals surface area contributed by atoms with Crippen LogP contribution in [0.1, 0.15) is 78.1 Å². The Labute approximate surface area is 164 Å². The van der Waals surface area contributed by atoms with E-state index in [0.717, 1.165) is 25.8 Å². The van der Waals surface area contributed by atoms with E-state index in [-0.39, 0.29) is 11.5 Å². The van der Waals surface area contributed by atoms with Gasteiger partial charge in [0.05, 0.1) is 6.04 Å². The molecule has 1 aliphatic heterocycles. The molecule has 27 heavy (non-hydrogen) atoms. The van der Waals surface area contributed by atoms with Gasteiger partial charge in [0.1, 0.15) is 0 Å². The van der Waals surface area contributed by atoms with Crippen molar-refractivity contribution in [2.45, 2.75) is 73.3 Å². The van der Waals surface area contributed by atoms with Crippen molar-refractivity contribution in [3.8, 4) is 0 Å². The Morgan fingerprint density at radius 2 is 1.93 bits per heavy atom. The second-order valence-electron chi connectivity index (χ2n) is 10.1. The first-order valence-corrected chi connectivity index (χ1v) is 10.5. The van der Waals surface area contributed by atoms with Crippen LogP contribution in [0.5, 0.6) is 0 Å². The topological polar surface area (TPSA) is 36.1 Å². The predicted molar refractivity (Wildman–Crippen MR) is 114 cm³/mol. The van der Waals surface area contributed by atoms with E-state index in [2.05, 4.69) is 75.7 Å². The molecule has 1 amide bonds. The molecule has 3 heteroatoms. The van der Waals surface area contributed by atoms with Crippen LogP contribution in [0, 0.1) is 17.3 Å². The Kier molecular flexibility index (Phi) is 5.69. The molecule has 0 aliphatic carbocycles. The minimum atomic E-state index is 0.176. The molecule has 0 radical (unpaired) electrons. The van der Waals surface area contributed by atoms with Gasteiger partial charge < -0.3 is 9.88 Å². The van der Waals surface area contributed by atoms with Crippen LogP contribution in [0.25, 0.3) is 10.9 Å². The monoisotopic (exact) mass is 368 g/mol. The van der Waals surface area contributed by atoms with E-state index in [1.165, 1.54) is 22.2 Å². The van der Waals surface area contributed by atoms with Gasteiger partial charge in [-0.2, -0.15) is 0 Å². The molecule has 3 nitrogen and oxygen atoms in total. The van der Waals surface area contributed by atoms with Gasteiger partial charge in [-0.05, 0) is 48.1 Å². The quantitative estimate of drug-likeness (QED) is 0.680. The largest absolute Gasteiger partial charge is 0.356 e. The molecule has 0 bridgehead atoms. The summed E-state index contributed by atoms with van der Waals surface area (Å²) in [7, 11) is 0. The van der Waals surface area contributed by atoms with Crippen LogP contribution in [0.3, 0.4) is 0 Å². The Morgan fingerprint density at radius 3 is 2.59 bits per heavy atom. The number of carbonyl (C=O) groups is 1. The Balaban J connectivity index is 1.86. The first-order chi connectivity index (χ1) is 12.7. The van der Waals surface area contributed by atoms with Gasteiger partial charge in [-0.15, -0.1) is 0 Å². The number of H-pyrrole nitrogens is 1. The fourth-order valence-electron chi connectivity index (χ4n) is 4.84. The molecule has 1 N–H and O–H groups in total. The number of fused-ring (bicyclic) bond motifs is 3. The lowest BCUT2D eigenvalue weighted by Gasteiger charge is -2.38. The second kappa shape index (κ2) is 7.69. The average Bonchev–Trinajstić information content (AvgIpc) is 2.92. The van der Waals surface area contributed by atoms with Crippen molar-refractivity contribution in [1.82, 2.24) is 9.88 Å². The number of rotatable bonds is 5. The summed E-state index contributed by atoms with van der Waals surface area (Å²) in [5, 5.41) is 1.33. The number of hydrogen-bond donors (Lipinski definition) is 1. The number of hydrogen-bond acceptors (Lipinski definition) is 1. The summed E-state index contributed by atoms with van der Waals surface area (Å²) in [6, 6.07) is 8.73. The standard InChI is InChI=1S/C24H36N2O/c1-16(2)13-21-23-19(18-9-7-8-10-20(18)25-23)11-12-26(21)22(27)14-17(3)15-24(4,5)6/h7-10,16-17,21,25H,11-15H2,1-6H3. The molecular formula is C24H36N2O. The SMILES string of the molecule is CC(C)CC1c2[nH]c3ccccc3c2CCN1C(=O)CC(C)CC(C)(C)C. The van der Waals surface area contributed by atoms with Crippen LogP contribution in [-0.4, -0.2) is 22.3 Å². The number of aromatic nitrogens is 1. The molecule has 2 aromatic rings. The summed E-state index contributed by atoms with van der Waals surface area (Å²) < 4.78 is 0. The number of amides is 1. The molecule has 0 spiro atoms. The van der Waals surface area contributed by atoms with E-state index in [1.807, 2.05) is 0 Å². The average molecular weight is 369 g/mol. The fraction of sp³-hybridized carbons (Fsp3) is 0.625. The second-order valence-corrected chi connectivity index (χ2v) is 10.1. The maximum atomic E-state index is 13.2. The molecule has 2 unspecified atom stereocenters. The van der Waals surface area contributed by atoms with E-state index in [1.54, 1.807) is 0 Å². The summed E-state index contributed by atoms with van der Waals surface area (Å²) in [6.07, 6.45) is 3.70. The third kappa shape index (κ3) is 4.56. The molecule has 148 valence electrons. The van der Waals surface area contributed by atoms with Crippen molar-refractivity contribution in [3.05, 3.63) is 35.5 Å². The maximum Gasteiger partial charge on any atom is 0.223 e. The van der Waals surface area contributed by atoms with Crippen molar-refractivity contribution < 1.29 is 4.79 Å². The number of benzene rings is 1. The first-order valence-electron chi connectivity index (χ1n) is 10.5. The number of aromatic amines is 1. The maximum absolute atomic E-state index is 13.2. The van der Waals surface area contributed by atoms with Crippen molar-refractivity contribution in [2.75, 3.05) is 6.54 Å². The molecule has 3 rings (SSSR count). The Morgan fingerprint density at radius 1 is 1.22 bits per heavy atom. The zero-order valence-electron chi connectivity index (χ0n) is 17.9. The van der Waals surface area contributed by atoms with Crippen molar-refractivity contribution in [3.63, 3.8) is 0 Å². The molecule has 2 atom stereocenters. The smallest absolute Gasteiger partial charge is 0.223 e. The highest BCUT2D eigenvalue weighted by atomic mass is 16.2. The van der Waals surface area contributed by atoms with E-state index in [4.69, 9.17) is 0 Å². The van der Waals surface area contributed by atoms with E-state index in [0.29, 0.717) is 24.2 Å². The van der Waals surface area contributed by atoms with E-state index < -0.39 is 0 Å². The molecule has 0 fully saturated rings. The minimum absolute atomic E-state index is 0.176. The number of nitrogens with one attached hydrogen (secondary N) is 1. The van der Waals surface area contributed by atoms with Crippen LogP contribution in [0.15, 0.2) is 24.3 Å². The summed E-state index contributed by atoms with van der Waals surface area (Å²) in [5.74, 6) is 1.29. The van der Waals surface area contributed by atoms with Crippen LogP contribution in [0.4, 0.5) is 0 Å². The summed E-state index contributed by atoms with van der Waals surface area (Å²) >= 11 is 0. The van der Waals surface area contributed by atoms with E-state index in [9.17, 15) is 4.79 Å². The molecule has 1 aliphatic rings. The zero-order chi connectivity index (χ0) is 19.8. The lowest BCUT2D eigenvalue weighted by molar-refractivity contribution is -0.135. The highest BCUT2D eigenvalue weighted by Gasteiger charge is 2.34. The third-order valence-electron chi connectivity index (χ3n) is 5.66. The van der Waals surface area contributed by atoms with Gasteiger partial charge in [0.2, 0.25) is 5.91 Å².